The highest BCUT2D eigenvalue weighted by Crippen LogP contribution is 2.23. The van der Waals surface area contributed by atoms with Crippen molar-refractivity contribution >= 4 is 23.7 Å². The van der Waals surface area contributed by atoms with Gasteiger partial charge < -0.3 is 14.2 Å². The van der Waals surface area contributed by atoms with Crippen molar-refractivity contribution in [1.29, 1.82) is 0 Å². The molecule has 3 aromatic carbocycles. The molecule has 0 saturated carbocycles. The number of hydrogen-bond acceptors (Lipinski definition) is 7. The minimum atomic E-state index is -0.826. The zero-order valence-corrected chi connectivity index (χ0v) is 20.8. The summed E-state index contributed by atoms with van der Waals surface area (Å²) in [5.74, 6) is -1.91. The van der Waals surface area contributed by atoms with Crippen molar-refractivity contribution in [2.75, 3.05) is 13.2 Å². The molecular weight excluding hydrogens is 472 g/mol. The minimum Gasteiger partial charge on any atom is -0.462 e. The van der Waals surface area contributed by atoms with Gasteiger partial charge in [0.1, 0.15) is 5.75 Å². The highest BCUT2D eigenvalue weighted by molar-refractivity contribution is 6.32. The van der Waals surface area contributed by atoms with E-state index < -0.39 is 23.7 Å². The van der Waals surface area contributed by atoms with Gasteiger partial charge in [-0.2, -0.15) is 0 Å². The Kier molecular flexibility index (Phi) is 9.49. The average molecular weight is 501 g/mol. The van der Waals surface area contributed by atoms with Crippen LogP contribution in [0.3, 0.4) is 0 Å². The van der Waals surface area contributed by atoms with Gasteiger partial charge in [-0.15, -0.1) is 0 Å². The number of carbonyl (C=O) groups excluding carboxylic acids is 4. The van der Waals surface area contributed by atoms with E-state index in [0.717, 1.165) is 22.3 Å². The van der Waals surface area contributed by atoms with Crippen LogP contribution in [0.15, 0.2) is 84.9 Å². The molecule has 190 valence electrons. The Hall–Kier alpha value is -4.52. The summed E-state index contributed by atoms with van der Waals surface area (Å²) in [6.45, 7) is 6.69. The van der Waals surface area contributed by atoms with Gasteiger partial charge in [-0.3, -0.25) is 4.79 Å². The van der Waals surface area contributed by atoms with Crippen molar-refractivity contribution in [1.82, 2.24) is 0 Å². The average Bonchev–Trinajstić information content (AvgIpc) is 2.89. The number of benzene rings is 3. The van der Waals surface area contributed by atoms with E-state index in [1.807, 2.05) is 36.4 Å². The standard InChI is InChI=1S/C30H28O7/c1-20(2)28(32)35-18-16-23-6-10-26(11-7-23)30(34)37-27-14-12-25(13-15-27)24-8-4-22(5-9-24)17-19-36-29(33)21(3)31/h4-15H,1,16-19H2,2-3H3. The fraction of sp³-hybridized carbons (Fsp3) is 0.200. The van der Waals surface area contributed by atoms with Crippen LogP contribution in [0, 0.1) is 0 Å². The van der Waals surface area contributed by atoms with Gasteiger partial charge in [0.25, 0.3) is 0 Å². The molecule has 0 spiro atoms. The highest BCUT2D eigenvalue weighted by atomic mass is 16.5. The number of carbonyl (C=O) groups is 4. The monoisotopic (exact) mass is 500 g/mol. The molecule has 0 unspecified atom stereocenters. The van der Waals surface area contributed by atoms with E-state index in [1.165, 1.54) is 6.92 Å². The second kappa shape index (κ2) is 13.0. The maximum Gasteiger partial charge on any atom is 0.374 e. The highest BCUT2D eigenvalue weighted by Gasteiger charge is 2.11. The Bertz CT molecular complexity index is 1270. The lowest BCUT2D eigenvalue weighted by Crippen LogP contribution is -2.15. The van der Waals surface area contributed by atoms with Crippen LogP contribution in [0.2, 0.25) is 0 Å². The molecule has 0 aliphatic rings. The molecule has 7 heteroatoms. The van der Waals surface area contributed by atoms with Crippen LogP contribution in [-0.4, -0.2) is 36.9 Å². The molecule has 0 N–H and O–H groups in total. The molecule has 0 aliphatic carbocycles. The summed E-state index contributed by atoms with van der Waals surface area (Å²) in [7, 11) is 0. The fourth-order valence-electron chi connectivity index (χ4n) is 3.30. The van der Waals surface area contributed by atoms with Crippen LogP contribution >= 0.6 is 0 Å². The fourth-order valence-corrected chi connectivity index (χ4v) is 3.30. The Labute approximate surface area is 215 Å². The van der Waals surface area contributed by atoms with E-state index in [-0.39, 0.29) is 13.2 Å². The number of Topliss-reactive ketones (excluding diaryl/α,β-unsaturated/α-hetero) is 1. The second-order valence-corrected chi connectivity index (χ2v) is 8.42. The first-order chi connectivity index (χ1) is 17.7. The number of ether oxygens (including phenoxy) is 3. The van der Waals surface area contributed by atoms with Gasteiger partial charge in [-0.25, -0.2) is 14.4 Å². The van der Waals surface area contributed by atoms with Crippen LogP contribution < -0.4 is 4.74 Å². The Morgan fingerprint density at radius 1 is 0.649 bits per heavy atom. The maximum absolute atomic E-state index is 12.5. The molecule has 0 amide bonds. The molecule has 3 rings (SSSR count). The Morgan fingerprint density at radius 3 is 1.59 bits per heavy atom. The summed E-state index contributed by atoms with van der Waals surface area (Å²) in [6, 6.07) is 21.9. The van der Waals surface area contributed by atoms with Gasteiger partial charge in [0.15, 0.2) is 0 Å². The molecule has 0 radical (unpaired) electrons. The zero-order chi connectivity index (χ0) is 26.8. The minimum absolute atomic E-state index is 0.144. The smallest absolute Gasteiger partial charge is 0.374 e. The van der Waals surface area contributed by atoms with Crippen LogP contribution in [-0.2, 0) is 36.7 Å². The van der Waals surface area contributed by atoms with Gasteiger partial charge in [0, 0.05) is 25.3 Å². The second-order valence-electron chi connectivity index (χ2n) is 8.42. The zero-order valence-electron chi connectivity index (χ0n) is 20.8. The van der Waals surface area contributed by atoms with Crippen molar-refractivity contribution in [2.45, 2.75) is 26.7 Å². The first kappa shape index (κ1) is 27.1. The van der Waals surface area contributed by atoms with E-state index in [0.29, 0.717) is 29.7 Å². The quantitative estimate of drug-likeness (QED) is 0.160. The van der Waals surface area contributed by atoms with Crippen LogP contribution in [0.4, 0.5) is 0 Å². The van der Waals surface area contributed by atoms with Crippen molar-refractivity contribution in [3.05, 3.63) is 102 Å². The largest absolute Gasteiger partial charge is 0.462 e. The summed E-state index contributed by atoms with van der Waals surface area (Å²) < 4.78 is 15.5. The molecule has 0 fully saturated rings. The first-order valence-electron chi connectivity index (χ1n) is 11.7. The number of ketones is 1. The summed E-state index contributed by atoms with van der Waals surface area (Å²) in [6.07, 6.45) is 1.04. The van der Waals surface area contributed by atoms with Gasteiger partial charge in [0.05, 0.1) is 18.8 Å². The molecule has 0 aliphatic heterocycles. The van der Waals surface area contributed by atoms with Gasteiger partial charge >= 0.3 is 17.9 Å². The van der Waals surface area contributed by atoms with Crippen molar-refractivity contribution in [3.8, 4) is 16.9 Å². The van der Waals surface area contributed by atoms with Crippen molar-refractivity contribution < 1.29 is 33.4 Å². The SMILES string of the molecule is C=C(C)C(=O)OCCc1ccc(C(=O)Oc2ccc(-c3ccc(CCOC(=O)C(C)=O)cc3)cc2)cc1. The molecular formula is C30H28O7. The van der Waals surface area contributed by atoms with Crippen LogP contribution in [0.1, 0.15) is 35.3 Å². The number of rotatable bonds is 11. The molecule has 0 aromatic heterocycles. The third kappa shape index (κ3) is 8.28. The third-order valence-electron chi connectivity index (χ3n) is 5.43. The van der Waals surface area contributed by atoms with E-state index in [9.17, 15) is 19.2 Å². The maximum atomic E-state index is 12.5. The number of hydrogen-bond donors (Lipinski definition) is 0. The summed E-state index contributed by atoms with van der Waals surface area (Å²) in [4.78, 5) is 46.1. The van der Waals surface area contributed by atoms with Gasteiger partial charge in [-0.05, 0) is 53.4 Å². The lowest BCUT2D eigenvalue weighted by molar-refractivity contribution is -0.152. The topological polar surface area (TPSA) is 96.0 Å². The van der Waals surface area contributed by atoms with Crippen LogP contribution in [0.5, 0.6) is 5.75 Å². The van der Waals surface area contributed by atoms with Gasteiger partial charge in [0.2, 0.25) is 5.78 Å². The van der Waals surface area contributed by atoms with E-state index in [4.69, 9.17) is 14.2 Å². The van der Waals surface area contributed by atoms with E-state index >= 15 is 0 Å². The lowest BCUT2D eigenvalue weighted by atomic mass is 10.0. The first-order valence-corrected chi connectivity index (χ1v) is 11.7. The van der Waals surface area contributed by atoms with E-state index in [1.54, 1.807) is 43.3 Å². The molecule has 0 saturated heterocycles. The normalized spacial score (nSPS) is 10.3. The number of esters is 3. The molecule has 0 heterocycles. The van der Waals surface area contributed by atoms with Crippen molar-refractivity contribution in [2.24, 2.45) is 0 Å². The Morgan fingerprint density at radius 2 is 1.11 bits per heavy atom. The lowest BCUT2D eigenvalue weighted by Gasteiger charge is -2.08. The predicted molar refractivity (Wildman–Crippen MR) is 138 cm³/mol. The van der Waals surface area contributed by atoms with Crippen molar-refractivity contribution in [3.63, 3.8) is 0 Å². The molecule has 3 aromatic rings. The summed E-state index contributed by atoms with van der Waals surface area (Å²) in [5, 5.41) is 0. The molecule has 37 heavy (non-hydrogen) atoms. The third-order valence-corrected chi connectivity index (χ3v) is 5.43. The van der Waals surface area contributed by atoms with Gasteiger partial charge in [-0.1, -0.05) is 55.1 Å². The molecule has 0 bridgehead atoms. The van der Waals surface area contributed by atoms with E-state index in [2.05, 4.69) is 6.58 Å². The summed E-state index contributed by atoms with van der Waals surface area (Å²) >= 11 is 0. The Balaban J connectivity index is 1.50. The summed E-state index contributed by atoms with van der Waals surface area (Å²) in [5.41, 5.74) is 4.60. The molecule has 0 atom stereocenters. The molecule has 7 nitrogen and oxygen atoms in total. The predicted octanol–water partition coefficient (Wildman–Crippen LogP) is 4.91. The van der Waals surface area contributed by atoms with Crippen LogP contribution in [0.25, 0.3) is 11.1 Å².